The molecule has 1 saturated heterocycles. The highest BCUT2D eigenvalue weighted by Gasteiger charge is 2.34. The molecule has 1 rings (SSSR count). The SMILES string of the molecule is CCC(C(=O)O)N(C)C(=O)C1CCCN(C(=O)N(C)C)C1. The van der Waals surface area contributed by atoms with Crippen LogP contribution in [0.2, 0.25) is 0 Å². The summed E-state index contributed by atoms with van der Waals surface area (Å²) in [6.07, 6.45) is 1.81. The molecule has 0 radical (unpaired) electrons. The number of carbonyl (C=O) groups is 3. The molecule has 1 aliphatic heterocycles. The number of rotatable bonds is 4. The second-order valence-electron chi connectivity index (χ2n) is 5.67. The standard InChI is InChI=1S/C14H25N3O4/c1-5-11(13(19)20)16(4)12(18)10-7-6-8-17(9-10)14(21)15(2)3/h10-11H,5-9H2,1-4H3,(H,19,20). The Labute approximate surface area is 125 Å². The lowest BCUT2D eigenvalue weighted by Crippen LogP contribution is -2.51. The van der Waals surface area contributed by atoms with E-state index in [-0.39, 0.29) is 17.9 Å². The molecule has 21 heavy (non-hydrogen) atoms. The maximum Gasteiger partial charge on any atom is 0.326 e. The van der Waals surface area contributed by atoms with Crippen LogP contribution in [0.5, 0.6) is 0 Å². The van der Waals surface area contributed by atoms with Crippen molar-refractivity contribution in [2.45, 2.75) is 32.2 Å². The van der Waals surface area contributed by atoms with Crippen molar-refractivity contribution in [1.82, 2.24) is 14.7 Å². The zero-order chi connectivity index (χ0) is 16.2. The third kappa shape index (κ3) is 4.09. The predicted octanol–water partition coefficient (Wildman–Crippen LogP) is 0.702. The van der Waals surface area contributed by atoms with Crippen LogP contribution < -0.4 is 0 Å². The second-order valence-corrected chi connectivity index (χ2v) is 5.67. The van der Waals surface area contributed by atoms with Crippen molar-refractivity contribution in [3.63, 3.8) is 0 Å². The molecule has 1 aliphatic rings. The number of amides is 3. The van der Waals surface area contributed by atoms with Crippen LogP contribution in [0.3, 0.4) is 0 Å². The molecule has 0 aromatic carbocycles. The number of carboxylic acids is 1. The predicted molar refractivity (Wildman–Crippen MR) is 77.9 cm³/mol. The third-order valence-electron chi connectivity index (χ3n) is 3.91. The topological polar surface area (TPSA) is 81.2 Å². The molecule has 0 aromatic rings. The van der Waals surface area contributed by atoms with E-state index in [1.165, 1.54) is 16.8 Å². The normalized spacial score (nSPS) is 19.8. The Bertz CT molecular complexity index is 411. The van der Waals surface area contributed by atoms with Crippen LogP contribution in [-0.4, -0.2) is 78.0 Å². The lowest BCUT2D eigenvalue weighted by molar-refractivity contribution is -0.151. The number of urea groups is 1. The Morgan fingerprint density at radius 2 is 1.90 bits per heavy atom. The monoisotopic (exact) mass is 299 g/mol. The molecule has 120 valence electrons. The van der Waals surface area contributed by atoms with E-state index < -0.39 is 12.0 Å². The van der Waals surface area contributed by atoms with Crippen LogP contribution in [0.1, 0.15) is 26.2 Å². The molecule has 0 spiro atoms. The van der Waals surface area contributed by atoms with E-state index in [9.17, 15) is 14.4 Å². The first kappa shape index (κ1) is 17.3. The number of likely N-dealkylation sites (N-methyl/N-ethyl adjacent to an activating group) is 1. The number of carbonyl (C=O) groups excluding carboxylic acids is 2. The molecule has 7 heteroatoms. The quantitative estimate of drug-likeness (QED) is 0.828. The van der Waals surface area contributed by atoms with Crippen LogP contribution in [0.15, 0.2) is 0 Å². The smallest absolute Gasteiger partial charge is 0.326 e. The van der Waals surface area contributed by atoms with Gasteiger partial charge in [-0.25, -0.2) is 9.59 Å². The van der Waals surface area contributed by atoms with Crippen molar-refractivity contribution in [3.05, 3.63) is 0 Å². The van der Waals surface area contributed by atoms with Crippen molar-refractivity contribution in [2.75, 3.05) is 34.2 Å². The van der Waals surface area contributed by atoms with E-state index >= 15 is 0 Å². The van der Waals surface area contributed by atoms with Gasteiger partial charge >= 0.3 is 12.0 Å². The fourth-order valence-electron chi connectivity index (χ4n) is 2.69. The molecular formula is C14H25N3O4. The fourth-order valence-corrected chi connectivity index (χ4v) is 2.69. The van der Waals surface area contributed by atoms with Crippen molar-refractivity contribution >= 4 is 17.9 Å². The van der Waals surface area contributed by atoms with E-state index in [1.807, 2.05) is 0 Å². The Balaban J connectivity index is 2.73. The number of hydrogen-bond acceptors (Lipinski definition) is 3. The van der Waals surface area contributed by atoms with Gasteiger partial charge in [-0.3, -0.25) is 4.79 Å². The van der Waals surface area contributed by atoms with Gasteiger partial charge < -0.3 is 19.8 Å². The van der Waals surface area contributed by atoms with Crippen LogP contribution >= 0.6 is 0 Å². The lowest BCUT2D eigenvalue weighted by atomic mass is 9.96. The molecule has 1 fully saturated rings. The van der Waals surface area contributed by atoms with Crippen molar-refractivity contribution in [3.8, 4) is 0 Å². The largest absolute Gasteiger partial charge is 0.480 e. The fraction of sp³-hybridized carbons (Fsp3) is 0.786. The van der Waals surface area contributed by atoms with Gasteiger partial charge in [-0.15, -0.1) is 0 Å². The number of piperidine rings is 1. The summed E-state index contributed by atoms with van der Waals surface area (Å²) in [7, 11) is 4.88. The maximum atomic E-state index is 12.5. The van der Waals surface area contributed by atoms with Crippen molar-refractivity contribution in [1.29, 1.82) is 0 Å². The van der Waals surface area contributed by atoms with E-state index in [0.717, 1.165) is 6.42 Å². The number of nitrogens with zero attached hydrogens (tertiary/aromatic N) is 3. The Hall–Kier alpha value is -1.79. The minimum absolute atomic E-state index is 0.111. The third-order valence-corrected chi connectivity index (χ3v) is 3.91. The highest BCUT2D eigenvalue weighted by atomic mass is 16.4. The molecule has 0 aliphatic carbocycles. The number of likely N-dealkylation sites (tertiary alicyclic amines) is 1. The molecule has 0 saturated carbocycles. The van der Waals surface area contributed by atoms with Crippen LogP contribution in [0.4, 0.5) is 4.79 Å². The summed E-state index contributed by atoms with van der Waals surface area (Å²) < 4.78 is 0. The molecule has 0 bridgehead atoms. The summed E-state index contributed by atoms with van der Waals surface area (Å²) in [6.45, 7) is 2.74. The first-order valence-corrected chi connectivity index (χ1v) is 7.25. The summed E-state index contributed by atoms with van der Waals surface area (Å²) in [5, 5.41) is 9.14. The first-order valence-electron chi connectivity index (χ1n) is 7.25. The average Bonchev–Trinajstić information content (AvgIpc) is 2.45. The van der Waals surface area contributed by atoms with E-state index in [4.69, 9.17) is 5.11 Å². The summed E-state index contributed by atoms with van der Waals surface area (Å²) in [4.78, 5) is 40.0. The molecule has 1 heterocycles. The van der Waals surface area contributed by atoms with Crippen LogP contribution in [0.25, 0.3) is 0 Å². The van der Waals surface area contributed by atoms with E-state index in [1.54, 1.807) is 25.9 Å². The van der Waals surface area contributed by atoms with Gasteiger partial charge in [0.15, 0.2) is 0 Å². The molecule has 0 aromatic heterocycles. The van der Waals surface area contributed by atoms with Gasteiger partial charge in [-0.1, -0.05) is 6.92 Å². The van der Waals surface area contributed by atoms with Crippen molar-refractivity contribution in [2.24, 2.45) is 5.92 Å². The summed E-state index contributed by atoms with van der Waals surface area (Å²) in [6, 6.07) is -0.919. The van der Waals surface area contributed by atoms with Crippen LogP contribution in [0, 0.1) is 5.92 Å². The lowest BCUT2D eigenvalue weighted by Gasteiger charge is -2.36. The van der Waals surface area contributed by atoms with Crippen LogP contribution in [-0.2, 0) is 9.59 Å². The van der Waals surface area contributed by atoms with Gasteiger partial charge in [-0.05, 0) is 19.3 Å². The van der Waals surface area contributed by atoms with Gasteiger partial charge in [0.05, 0.1) is 5.92 Å². The summed E-state index contributed by atoms with van der Waals surface area (Å²) in [5.41, 5.74) is 0. The zero-order valence-electron chi connectivity index (χ0n) is 13.2. The molecule has 1 N–H and O–H groups in total. The van der Waals surface area contributed by atoms with Gasteiger partial charge in [0.2, 0.25) is 5.91 Å². The number of aliphatic carboxylic acids is 1. The summed E-state index contributed by atoms with van der Waals surface area (Å²) >= 11 is 0. The molecule has 7 nitrogen and oxygen atoms in total. The van der Waals surface area contributed by atoms with Gasteiger partial charge in [0.25, 0.3) is 0 Å². The molecule has 2 atom stereocenters. The number of hydrogen-bond donors (Lipinski definition) is 1. The van der Waals surface area contributed by atoms with Gasteiger partial charge in [0, 0.05) is 34.2 Å². The highest BCUT2D eigenvalue weighted by Crippen LogP contribution is 2.20. The van der Waals surface area contributed by atoms with E-state index in [2.05, 4.69) is 0 Å². The highest BCUT2D eigenvalue weighted by molar-refractivity contribution is 5.85. The molecular weight excluding hydrogens is 274 g/mol. The minimum atomic E-state index is -0.995. The zero-order valence-corrected chi connectivity index (χ0v) is 13.2. The Morgan fingerprint density at radius 1 is 1.29 bits per heavy atom. The average molecular weight is 299 g/mol. The molecule has 2 unspecified atom stereocenters. The second kappa shape index (κ2) is 7.28. The van der Waals surface area contributed by atoms with Crippen molar-refractivity contribution < 1.29 is 19.5 Å². The summed E-state index contributed by atoms with van der Waals surface area (Å²) in [5.74, 6) is -1.51. The van der Waals surface area contributed by atoms with E-state index in [0.29, 0.717) is 25.9 Å². The minimum Gasteiger partial charge on any atom is -0.480 e. The Morgan fingerprint density at radius 3 is 2.38 bits per heavy atom. The number of carboxylic acid groups (broad SMARTS) is 1. The molecule has 3 amide bonds. The Kier molecular flexibility index (Phi) is 5.99. The van der Waals surface area contributed by atoms with Gasteiger partial charge in [0.1, 0.15) is 6.04 Å². The maximum absolute atomic E-state index is 12.5. The first-order chi connectivity index (χ1) is 9.79. The van der Waals surface area contributed by atoms with Gasteiger partial charge in [-0.2, -0.15) is 0 Å².